The van der Waals surface area contributed by atoms with Crippen molar-refractivity contribution in [3.8, 4) is 5.75 Å². The van der Waals surface area contributed by atoms with Crippen LogP contribution in [0, 0.1) is 18.9 Å². The Balaban J connectivity index is 0. The molecule has 0 aromatic heterocycles. The second-order valence-electron chi connectivity index (χ2n) is 8.06. The predicted molar refractivity (Wildman–Crippen MR) is 118 cm³/mol. The average molecular weight is 420 g/mol. The van der Waals surface area contributed by atoms with Gasteiger partial charge in [-0.05, 0) is 35.6 Å². The van der Waals surface area contributed by atoms with Crippen molar-refractivity contribution in [2.24, 2.45) is 5.92 Å². The first kappa shape index (κ1) is 28.6. The number of phenols is 1. The van der Waals surface area contributed by atoms with Crippen LogP contribution in [0.4, 0.5) is 0 Å². The number of phenolic OH excluding ortho intramolecular Hbond substituents is 1. The van der Waals surface area contributed by atoms with Crippen LogP contribution in [0.15, 0.2) is 34.9 Å². The summed E-state index contributed by atoms with van der Waals surface area (Å²) in [5.41, 5.74) is 6.65. The number of allylic oxidation sites excluding steroid dienone is 4. The third-order valence-corrected chi connectivity index (χ3v) is 5.66. The van der Waals surface area contributed by atoms with E-state index >= 15 is 0 Å². The van der Waals surface area contributed by atoms with Gasteiger partial charge in [-0.2, -0.15) is 11.1 Å². The SMILES string of the molecule is CC1=[C-]C(C)C(C)=C1C.CC[Si]CC.Cc1cc(O)cc(C(C)(C)C)c1.[Ti]. The van der Waals surface area contributed by atoms with Crippen molar-refractivity contribution < 1.29 is 26.8 Å². The van der Waals surface area contributed by atoms with Gasteiger partial charge in [-0.3, -0.25) is 6.08 Å². The minimum absolute atomic E-state index is 0. The summed E-state index contributed by atoms with van der Waals surface area (Å²) in [5.74, 6) is 0.921. The maximum Gasteiger partial charge on any atom is 0.116 e. The van der Waals surface area contributed by atoms with E-state index in [1.165, 1.54) is 43.9 Å². The van der Waals surface area contributed by atoms with Gasteiger partial charge < -0.3 is 5.11 Å². The fraction of sp³-hybridized carbons (Fsp3) is 0.583. The molecule has 0 fully saturated rings. The minimum Gasteiger partial charge on any atom is -0.508 e. The van der Waals surface area contributed by atoms with Crippen molar-refractivity contribution in [2.75, 3.05) is 0 Å². The Kier molecular flexibility index (Phi) is 14.4. The van der Waals surface area contributed by atoms with Gasteiger partial charge in [-0.25, -0.2) is 5.57 Å². The topological polar surface area (TPSA) is 20.2 Å². The monoisotopic (exact) mass is 419 g/mol. The van der Waals surface area contributed by atoms with Crippen molar-refractivity contribution in [1.29, 1.82) is 0 Å². The minimum atomic E-state index is 0. The maximum atomic E-state index is 9.36. The number of aromatic hydroxyl groups is 1. The summed E-state index contributed by atoms with van der Waals surface area (Å²) < 4.78 is 0. The first-order valence-electron chi connectivity index (χ1n) is 9.73. The summed E-state index contributed by atoms with van der Waals surface area (Å²) >= 11 is 0. The molecule has 1 aliphatic carbocycles. The normalized spacial score (nSPS) is 15.8. The van der Waals surface area contributed by atoms with Gasteiger partial charge in [0.25, 0.3) is 0 Å². The third-order valence-electron chi connectivity index (χ3n) is 4.66. The number of benzene rings is 1. The summed E-state index contributed by atoms with van der Waals surface area (Å²) in [6.45, 7) is 21.5. The van der Waals surface area contributed by atoms with Crippen LogP contribution in [0.2, 0.25) is 12.1 Å². The van der Waals surface area contributed by atoms with E-state index in [4.69, 9.17) is 0 Å². The van der Waals surface area contributed by atoms with Crippen LogP contribution < -0.4 is 0 Å². The molecule has 0 amide bonds. The number of aryl methyl sites for hydroxylation is 1. The Hall–Kier alpha value is -0.569. The van der Waals surface area contributed by atoms with Gasteiger partial charge in [0.15, 0.2) is 0 Å². The summed E-state index contributed by atoms with van der Waals surface area (Å²) in [6, 6.07) is 8.45. The summed E-state index contributed by atoms with van der Waals surface area (Å²) in [6.07, 6.45) is 3.36. The molecule has 1 N–H and O–H groups in total. The van der Waals surface area contributed by atoms with Gasteiger partial charge in [-0.15, -0.1) is 6.92 Å². The Morgan fingerprint density at radius 1 is 1.00 bits per heavy atom. The molecule has 2 rings (SSSR count). The first-order valence-corrected chi connectivity index (χ1v) is 11.1. The Morgan fingerprint density at radius 3 is 1.74 bits per heavy atom. The molecule has 1 aliphatic rings. The summed E-state index contributed by atoms with van der Waals surface area (Å²) in [7, 11) is 1.20. The molecule has 2 radical (unpaired) electrons. The van der Waals surface area contributed by atoms with Crippen LogP contribution in [-0.2, 0) is 27.1 Å². The molecule has 3 heteroatoms. The van der Waals surface area contributed by atoms with Crippen LogP contribution in [0.3, 0.4) is 0 Å². The zero-order valence-electron chi connectivity index (χ0n) is 19.2. The van der Waals surface area contributed by atoms with Gasteiger partial charge in [0.05, 0.1) is 0 Å². The molecular formula is C24H39OSiTi-. The molecule has 0 aliphatic heterocycles. The smallest absolute Gasteiger partial charge is 0.116 e. The third kappa shape index (κ3) is 11.1. The quantitative estimate of drug-likeness (QED) is 0.394. The van der Waals surface area contributed by atoms with E-state index in [9.17, 15) is 5.11 Å². The summed E-state index contributed by atoms with van der Waals surface area (Å²) in [4.78, 5) is 0. The van der Waals surface area contributed by atoms with Crippen molar-refractivity contribution in [3.63, 3.8) is 0 Å². The molecule has 1 aromatic carbocycles. The van der Waals surface area contributed by atoms with E-state index in [2.05, 4.69) is 74.5 Å². The van der Waals surface area contributed by atoms with Gasteiger partial charge in [0.2, 0.25) is 0 Å². The number of hydrogen-bond donors (Lipinski definition) is 1. The molecule has 1 aromatic rings. The second-order valence-corrected chi connectivity index (χ2v) is 9.98. The average Bonchev–Trinajstić information content (AvgIpc) is 2.74. The Bertz CT molecular complexity index is 602. The molecule has 0 heterocycles. The van der Waals surface area contributed by atoms with Crippen LogP contribution in [0.1, 0.15) is 73.4 Å². The van der Waals surface area contributed by atoms with E-state index in [0.717, 1.165) is 5.56 Å². The number of rotatable bonds is 2. The molecule has 0 spiro atoms. The fourth-order valence-electron chi connectivity index (χ4n) is 2.61. The van der Waals surface area contributed by atoms with Crippen LogP contribution >= 0.6 is 0 Å². The van der Waals surface area contributed by atoms with Crippen LogP contribution in [0.25, 0.3) is 0 Å². The molecule has 0 saturated carbocycles. The van der Waals surface area contributed by atoms with Gasteiger partial charge in [-0.1, -0.05) is 79.5 Å². The van der Waals surface area contributed by atoms with E-state index in [1.54, 1.807) is 6.07 Å². The molecule has 1 unspecified atom stereocenters. The zero-order chi connectivity index (χ0) is 20.5. The van der Waals surface area contributed by atoms with Crippen molar-refractivity contribution in [3.05, 3.63) is 52.1 Å². The summed E-state index contributed by atoms with van der Waals surface area (Å²) in [5, 5.41) is 9.36. The molecule has 150 valence electrons. The van der Waals surface area contributed by atoms with Crippen molar-refractivity contribution in [2.45, 2.75) is 86.7 Å². The Morgan fingerprint density at radius 2 is 1.52 bits per heavy atom. The van der Waals surface area contributed by atoms with Crippen LogP contribution in [0.5, 0.6) is 5.75 Å². The van der Waals surface area contributed by atoms with E-state index < -0.39 is 0 Å². The molecule has 0 saturated heterocycles. The standard InChI is InChI=1S/C11H16O.C9H13.C4H10Si.Ti/c1-8-5-9(11(2,3)4)7-10(12)6-8;1-6-5-7(2)9(4)8(6)3;1-3-5-4-2;/h5-7,12H,1-4H3;6H,1-4H3;3-4H2,1-2H3;/q;-1;;. The van der Waals surface area contributed by atoms with Gasteiger partial charge in [0.1, 0.15) is 5.75 Å². The van der Waals surface area contributed by atoms with Gasteiger partial charge >= 0.3 is 0 Å². The Labute approximate surface area is 186 Å². The number of hydrogen-bond acceptors (Lipinski definition) is 1. The second kappa shape index (κ2) is 13.6. The maximum absolute atomic E-state index is 9.36. The molecule has 1 nitrogen and oxygen atoms in total. The van der Waals surface area contributed by atoms with Crippen molar-refractivity contribution in [1.82, 2.24) is 0 Å². The first-order chi connectivity index (χ1) is 11.9. The van der Waals surface area contributed by atoms with Crippen LogP contribution in [-0.4, -0.2) is 14.6 Å². The van der Waals surface area contributed by atoms with Crippen molar-refractivity contribution >= 4 is 9.52 Å². The largest absolute Gasteiger partial charge is 0.508 e. The molecular weight excluding hydrogens is 380 g/mol. The predicted octanol–water partition coefficient (Wildman–Crippen LogP) is 7.28. The van der Waals surface area contributed by atoms with Gasteiger partial charge in [0, 0.05) is 31.2 Å². The van der Waals surface area contributed by atoms with E-state index in [-0.39, 0.29) is 27.1 Å². The van der Waals surface area contributed by atoms with E-state index in [0.29, 0.717) is 11.7 Å². The zero-order valence-corrected chi connectivity index (χ0v) is 21.7. The molecule has 27 heavy (non-hydrogen) atoms. The fourth-order valence-corrected chi connectivity index (χ4v) is 3.11. The molecule has 1 atom stereocenters. The van der Waals surface area contributed by atoms with E-state index in [1.807, 2.05) is 13.0 Å². The molecule has 0 bridgehead atoms.